The van der Waals surface area contributed by atoms with E-state index in [0.717, 1.165) is 26.1 Å². The number of fused-ring (bicyclic) bond motifs is 5. The minimum atomic E-state index is -1.41. The summed E-state index contributed by atoms with van der Waals surface area (Å²) in [6.45, 7) is 3.94. The van der Waals surface area contributed by atoms with Gasteiger partial charge in [-0.3, -0.25) is 33.6 Å². The Labute approximate surface area is 337 Å². The molecule has 1 saturated carbocycles. The highest BCUT2D eigenvalue weighted by Crippen LogP contribution is 2.66. The van der Waals surface area contributed by atoms with Crippen molar-refractivity contribution in [2.75, 3.05) is 25.7 Å². The molecule has 2 N–H and O–H groups in total. The van der Waals surface area contributed by atoms with E-state index in [1.807, 2.05) is 31.2 Å². The van der Waals surface area contributed by atoms with Crippen LogP contribution in [0, 0.1) is 36.0 Å². The Bertz CT molecular complexity index is 2390. The van der Waals surface area contributed by atoms with Crippen LogP contribution in [0.15, 0.2) is 48.0 Å². The van der Waals surface area contributed by atoms with Crippen molar-refractivity contribution in [2.24, 2.45) is 36.1 Å². The first-order chi connectivity index (χ1) is 27.2. The highest BCUT2D eigenvalue weighted by atomic mass is 35.5. The number of unbranched alkanes of at least 4 members (excludes halogenated alkanes) is 2. The molecule has 4 aromatic rings. The quantitative estimate of drug-likeness (QED) is 0.0927. The lowest BCUT2D eigenvalue weighted by Gasteiger charge is -2.49. The number of rotatable bonds is 11. The molecule has 4 amide bonds. The van der Waals surface area contributed by atoms with Gasteiger partial charge in [0, 0.05) is 59.4 Å². The van der Waals surface area contributed by atoms with Crippen molar-refractivity contribution in [2.45, 2.75) is 58.3 Å². The Morgan fingerprint density at radius 3 is 2.40 bits per heavy atom. The zero-order valence-electron chi connectivity index (χ0n) is 32.2. The second-order valence-corrected chi connectivity index (χ2v) is 17.2. The smallest absolute Gasteiger partial charge is 0.303 e. The molecule has 2 saturated heterocycles. The Morgan fingerprint density at radius 1 is 1.00 bits per heavy atom. The van der Waals surface area contributed by atoms with Crippen molar-refractivity contribution in [3.63, 3.8) is 0 Å². The van der Waals surface area contributed by atoms with Crippen molar-refractivity contribution in [3.8, 4) is 27.8 Å². The van der Waals surface area contributed by atoms with Crippen LogP contribution in [0.4, 0.5) is 5.82 Å². The van der Waals surface area contributed by atoms with Gasteiger partial charge in [-0.15, -0.1) is 11.3 Å². The Hall–Kier alpha value is -5.21. The van der Waals surface area contributed by atoms with Gasteiger partial charge in [-0.05, 0) is 74.6 Å². The summed E-state index contributed by atoms with van der Waals surface area (Å²) in [5, 5.41) is 26.1. The number of hydrogen-bond donors (Lipinski definition) is 2. The van der Waals surface area contributed by atoms with Crippen LogP contribution in [0.1, 0.15) is 62.5 Å². The molecule has 2 aromatic carbocycles. The predicted octanol–water partition coefficient (Wildman–Crippen LogP) is 6.86. The fraction of sp³-hybridized carbons (Fsp3) is 0.429. The highest BCUT2D eigenvalue weighted by molar-refractivity contribution is 7.22. The number of phenols is 1. The number of hydrogen-bond acceptors (Lipinski definition) is 10. The molecule has 2 aliphatic carbocycles. The van der Waals surface area contributed by atoms with E-state index >= 15 is 4.79 Å². The van der Waals surface area contributed by atoms with Crippen molar-refractivity contribution in [1.82, 2.24) is 14.7 Å². The standard InChI is InChI=1S/C42H43ClN4O9S/c1-20-25-15-21(43)10-13-31(25)57-37(20)28-19-32(45(3)44-28)47-39(52)27-18-26-23(11-12-24-34(26)40(53)46(38(24)51)14-8-6-7-9-33(49)50)36(42(27,2)41(47)54)35-29(55-4)16-22(48)17-30(35)56-5/h10-11,13,15-17,19,24,26-27,34,36,48H,6-9,12,14,18H2,1-5H3,(H,49,50)/t24-,26+,27-,34-,36+,42+/m0/s1. The van der Waals surface area contributed by atoms with Gasteiger partial charge in [-0.1, -0.05) is 29.7 Å². The summed E-state index contributed by atoms with van der Waals surface area (Å²) in [5.74, 6) is -5.44. The van der Waals surface area contributed by atoms with E-state index in [1.165, 1.54) is 40.8 Å². The summed E-state index contributed by atoms with van der Waals surface area (Å²) < 4.78 is 14.2. The van der Waals surface area contributed by atoms with Crippen molar-refractivity contribution in [3.05, 3.63) is 64.2 Å². The van der Waals surface area contributed by atoms with Gasteiger partial charge in [0.2, 0.25) is 23.6 Å². The zero-order chi connectivity index (χ0) is 40.7. The number of likely N-dealkylation sites (tertiary alicyclic amines) is 1. The average molecular weight is 815 g/mol. The molecule has 15 heteroatoms. The van der Waals surface area contributed by atoms with Gasteiger partial charge in [0.25, 0.3) is 0 Å². The number of amides is 4. The number of anilines is 1. The number of thiophene rings is 1. The highest BCUT2D eigenvalue weighted by Gasteiger charge is 2.68. The molecule has 0 unspecified atom stereocenters. The number of aromatic nitrogens is 2. The normalized spacial score (nSPS) is 25.5. The van der Waals surface area contributed by atoms with Crippen LogP contribution in [0.25, 0.3) is 20.7 Å². The number of allylic oxidation sites excluding steroid dienone is 2. The number of imide groups is 2. The van der Waals surface area contributed by atoms with Crippen LogP contribution >= 0.6 is 22.9 Å². The van der Waals surface area contributed by atoms with Gasteiger partial charge < -0.3 is 19.7 Å². The van der Waals surface area contributed by atoms with Crippen molar-refractivity contribution >= 4 is 68.4 Å². The van der Waals surface area contributed by atoms with E-state index in [-0.39, 0.29) is 54.9 Å². The first-order valence-electron chi connectivity index (χ1n) is 19.0. The molecule has 3 fully saturated rings. The fourth-order valence-corrected chi connectivity index (χ4v) is 11.3. The van der Waals surface area contributed by atoms with Crippen molar-refractivity contribution < 1.29 is 43.7 Å². The van der Waals surface area contributed by atoms with Crippen LogP contribution in [0.5, 0.6) is 17.2 Å². The Kier molecular flexibility index (Phi) is 9.71. The van der Waals surface area contributed by atoms with Crippen LogP contribution in [-0.4, -0.2) is 75.3 Å². The topological polar surface area (TPSA) is 169 Å². The molecule has 2 aliphatic heterocycles. The third kappa shape index (κ3) is 5.93. The molecule has 13 nitrogen and oxygen atoms in total. The second-order valence-electron chi connectivity index (χ2n) is 15.7. The van der Waals surface area contributed by atoms with Gasteiger partial charge in [0.15, 0.2) is 0 Å². The van der Waals surface area contributed by atoms with E-state index in [9.17, 15) is 24.3 Å². The molecule has 4 heterocycles. The third-order valence-electron chi connectivity index (χ3n) is 12.7. The molecule has 298 valence electrons. The lowest BCUT2D eigenvalue weighted by Crippen LogP contribution is -2.49. The minimum Gasteiger partial charge on any atom is -0.508 e. The summed E-state index contributed by atoms with van der Waals surface area (Å²) >= 11 is 7.87. The molecule has 0 radical (unpaired) electrons. The summed E-state index contributed by atoms with van der Waals surface area (Å²) in [7, 11) is 4.59. The van der Waals surface area contributed by atoms with Gasteiger partial charge >= 0.3 is 5.97 Å². The predicted molar refractivity (Wildman–Crippen MR) is 212 cm³/mol. The van der Waals surface area contributed by atoms with Crippen LogP contribution in [0.2, 0.25) is 5.02 Å². The van der Waals surface area contributed by atoms with Crippen molar-refractivity contribution in [1.29, 1.82) is 0 Å². The zero-order valence-corrected chi connectivity index (χ0v) is 33.8. The average Bonchev–Trinajstić information content (AvgIpc) is 3.84. The van der Waals surface area contributed by atoms with Gasteiger partial charge in [0.05, 0.1) is 42.3 Å². The number of aliphatic carboxylic acids is 1. The SMILES string of the molecule is COc1cc(O)cc(OC)c1[C@H]1C2=CC[C@@H]3C(=O)N(CCCCCC(=O)O)C(=O)[C@@H]3[C@@H]2C[C@H]2C(=O)N(c3cc(-c4sc5ccc(Cl)cc5c4C)nn3C)C(=O)[C@@]12C. The number of aryl methyl sites for hydroxylation is 2. The number of carboxylic acids is 1. The summed E-state index contributed by atoms with van der Waals surface area (Å²) in [4.78, 5) is 72.9. The lowest BCUT2D eigenvalue weighted by molar-refractivity contribution is -0.141. The van der Waals surface area contributed by atoms with E-state index in [1.54, 1.807) is 31.4 Å². The monoisotopic (exact) mass is 814 g/mol. The van der Waals surface area contributed by atoms with Crippen LogP contribution in [0.3, 0.4) is 0 Å². The first kappa shape index (κ1) is 38.7. The maximum absolute atomic E-state index is 15.3. The summed E-state index contributed by atoms with van der Waals surface area (Å²) in [6.07, 6.45) is 3.83. The van der Waals surface area contributed by atoms with Crippen LogP contribution in [-0.2, 0) is 31.0 Å². The van der Waals surface area contributed by atoms with Gasteiger partial charge in [-0.2, -0.15) is 5.10 Å². The number of carboxylic acid groups (broad SMARTS) is 1. The van der Waals surface area contributed by atoms with E-state index < -0.39 is 52.8 Å². The second kappa shape index (κ2) is 14.3. The molecule has 6 atom stereocenters. The molecule has 4 aliphatic rings. The Morgan fingerprint density at radius 2 is 1.72 bits per heavy atom. The lowest BCUT2D eigenvalue weighted by atomic mass is 9.51. The number of phenolic OH excluding ortho intramolecular Hbond substituents is 1. The summed E-state index contributed by atoms with van der Waals surface area (Å²) in [5.41, 5.74) is 1.37. The minimum absolute atomic E-state index is 0.0121. The van der Waals surface area contributed by atoms with E-state index in [2.05, 4.69) is 0 Å². The van der Waals surface area contributed by atoms with Crippen LogP contribution < -0.4 is 14.4 Å². The molecule has 8 rings (SSSR count). The number of nitrogens with zero attached hydrogens (tertiary/aromatic N) is 4. The molecular weight excluding hydrogens is 772 g/mol. The molecule has 0 spiro atoms. The number of carbonyl (C=O) groups excluding carboxylic acids is 4. The number of benzene rings is 2. The number of methoxy groups -OCH3 is 2. The number of carbonyl (C=O) groups is 5. The fourth-order valence-electron chi connectivity index (χ4n) is 9.97. The van der Waals surface area contributed by atoms with Gasteiger partial charge in [0.1, 0.15) is 28.8 Å². The first-order valence-corrected chi connectivity index (χ1v) is 20.2. The van der Waals surface area contributed by atoms with E-state index in [4.69, 9.17) is 31.3 Å². The molecular formula is C42H43ClN4O9S. The molecule has 2 aromatic heterocycles. The Balaban J connectivity index is 1.22. The third-order valence-corrected chi connectivity index (χ3v) is 14.2. The number of aromatic hydroxyl groups is 1. The maximum Gasteiger partial charge on any atom is 0.303 e. The maximum atomic E-state index is 15.3. The molecule has 0 bridgehead atoms. The largest absolute Gasteiger partial charge is 0.508 e. The summed E-state index contributed by atoms with van der Waals surface area (Å²) in [6, 6.07) is 10.3. The van der Waals surface area contributed by atoms with Gasteiger partial charge in [-0.25, -0.2) is 4.90 Å². The number of ether oxygens (including phenoxy) is 2. The molecule has 57 heavy (non-hydrogen) atoms. The van der Waals surface area contributed by atoms with E-state index in [0.29, 0.717) is 41.4 Å². The number of halogens is 1.